The Balaban J connectivity index is 2.07. The Morgan fingerprint density at radius 2 is 1.81 bits per heavy atom. The second-order valence-electron chi connectivity index (χ2n) is 5.43. The number of hydrogen-bond donors (Lipinski definition) is 1. The molecule has 2 aromatic carbocycles. The van der Waals surface area contributed by atoms with E-state index < -0.39 is 9.84 Å². The van der Waals surface area contributed by atoms with E-state index in [1.54, 1.807) is 12.1 Å². The molecular formula is C17H23NO2S. The van der Waals surface area contributed by atoms with E-state index in [2.05, 4.69) is 19.2 Å². The van der Waals surface area contributed by atoms with Gasteiger partial charge in [-0.2, -0.15) is 0 Å². The van der Waals surface area contributed by atoms with E-state index in [4.69, 9.17) is 0 Å². The Morgan fingerprint density at radius 3 is 2.52 bits per heavy atom. The zero-order chi connectivity index (χ0) is 15.3. The molecule has 0 aromatic heterocycles. The average molecular weight is 305 g/mol. The monoisotopic (exact) mass is 305 g/mol. The van der Waals surface area contributed by atoms with E-state index in [0.717, 1.165) is 23.7 Å². The van der Waals surface area contributed by atoms with Crippen molar-refractivity contribution in [3.63, 3.8) is 0 Å². The maximum absolute atomic E-state index is 12.4. The van der Waals surface area contributed by atoms with Crippen LogP contribution in [0.2, 0.25) is 0 Å². The summed E-state index contributed by atoms with van der Waals surface area (Å²) in [4.78, 5) is 0.428. The summed E-state index contributed by atoms with van der Waals surface area (Å²) in [5.74, 6) is 0.209. The molecule has 1 atom stereocenters. The molecular weight excluding hydrogens is 282 g/mol. The molecule has 2 aromatic rings. The van der Waals surface area contributed by atoms with E-state index >= 15 is 0 Å². The lowest BCUT2D eigenvalue weighted by Gasteiger charge is -2.12. The fourth-order valence-corrected chi connectivity index (χ4v) is 3.87. The Bertz CT molecular complexity index is 695. The fraction of sp³-hybridized carbons (Fsp3) is 0.412. The molecule has 0 aliphatic rings. The molecule has 0 spiro atoms. The Kier molecular flexibility index (Phi) is 5.37. The largest absolute Gasteiger partial charge is 0.315 e. The molecule has 0 aliphatic carbocycles. The molecule has 0 saturated heterocycles. The van der Waals surface area contributed by atoms with Crippen LogP contribution in [-0.2, 0) is 9.84 Å². The van der Waals surface area contributed by atoms with Crippen molar-refractivity contribution in [2.75, 3.05) is 12.3 Å². The lowest BCUT2D eigenvalue weighted by molar-refractivity contribution is 0.521. The smallest absolute Gasteiger partial charge is 0.178 e. The molecule has 3 nitrogen and oxygen atoms in total. The summed E-state index contributed by atoms with van der Waals surface area (Å²) in [7, 11) is -3.19. The predicted molar refractivity (Wildman–Crippen MR) is 88.4 cm³/mol. The number of sulfone groups is 1. The van der Waals surface area contributed by atoms with Crippen molar-refractivity contribution in [3.8, 4) is 0 Å². The van der Waals surface area contributed by atoms with Crippen LogP contribution in [0.4, 0.5) is 0 Å². The summed E-state index contributed by atoms with van der Waals surface area (Å²) in [5, 5.41) is 5.34. The van der Waals surface area contributed by atoms with Crippen molar-refractivity contribution >= 4 is 20.6 Å². The highest BCUT2D eigenvalue weighted by Crippen LogP contribution is 2.20. The van der Waals surface area contributed by atoms with Gasteiger partial charge in [-0.1, -0.05) is 37.3 Å². The SMILES string of the molecule is CCNC(C)CCCS(=O)(=O)c1ccc2ccccc2c1. The lowest BCUT2D eigenvalue weighted by atomic mass is 10.1. The second kappa shape index (κ2) is 7.05. The third kappa shape index (κ3) is 4.29. The standard InChI is InChI=1S/C17H23NO2S/c1-3-18-14(2)7-6-12-21(19,20)17-11-10-15-8-4-5-9-16(15)13-17/h4-5,8-11,13-14,18H,3,6-7,12H2,1-2H3. The quantitative estimate of drug-likeness (QED) is 0.853. The molecule has 0 radical (unpaired) electrons. The third-order valence-electron chi connectivity index (χ3n) is 3.68. The topological polar surface area (TPSA) is 46.2 Å². The van der Waals surface area contributed by atoms with Crippen molar-refractivity contribution < 1.29 is 8.42 Å². The van der Waals surface area contributed by atoms with Crippen LogP contribution in [0.15, 0.2) is 47.4 Å². The van der Waals surface area contributed by atoms with Gasteiger partial charge in [0.2, 0.25) is 0 Å². The maximum atomic E-state index is 12.4. The first kappa shape index (κ1) is 16.0. The first-order chi connectivity index (χ1) is 10.0. The molecule has 2 rings (SSSR count). The minimum atomic E-state index is -3.19. The fourth-order valence-electron chi connectivity index (χ4n) is 2.51. The third-order valence-corrected chi connectivity index (χ3v) is 5.48. The highest BCUT2D eigenvalue weighted by atomic mass is 32.2. The van der Waals surface area contributed by atoms with E-state index in [-0.39, 0.29) is 5.75 Å². The van der Waals surface area contributed by atoms with Crippen molar-refractivity contribution in [3.05, 3.63) is 42.5 Å². The number of fused-ring (bicyclic) bond motifs is 1. The Hall–Kier alpha value is -1.39. The van der Waals surface area contributed by atoms with Gasteiger partial charge in [-0.05, 0) is 49.2 Å². The maximum Gasteiger partial charge on any atom is 0.178 e. The van der Waals surface area contributed by atoms with Crippen LogP contribution in [0, 0.1) is 0 Å². The van der Waals surface area contributed by atoms with Gasteiger partial charge in [0.15, 0.2) is 9.84 Å². The van der Waals surface area contributed by atoms with Crippen LogP contribution in [0.3, 0.4) is 0 Å². The molecule has 21 heavy (non-hydrogen) atoms. The van der Waals surface area contributed by atoms with Gasteiger partial charge >= 0.3 is 0 Å². The van der Waals surface area contributed by atoms with Crippen molar-refractivity contribution in [2.24, 2.45) is 0 Å². The zero-order valence-electron chi connectivity index (χ0n) is 12.7. The first-order valence-corrected chi connectivity index (χ1v) is 9.13. The van der Waals surface area contributed by atoms with Gasteiger partial charge in [-0.15, -0.1) is 0 Å². The zero-order valence-corrected chi connectivity index (χ0v) is 13.5. The van der Waals surface area contributed by atoms with Crippen molar-refractivity contribution in [1.82, 2.24) is 5.32 Å². The molecule has 0 bridgehead atoms. The normalized spacial score (nSPS) is 13.4. The molecule has 0 aliphatic heterocycles. The van der Waals surface area contributed by atoms with E-state index in [0.29, 0.717) is 17.4 Å². The summed E-state index contributed by atoms with van der Waals surface area (Å²) in [5.41, 5.74) is 0. The van der Waals surface area contributed by atoms with E-state index in [9.17, 15) is 8.42 Å². The lowest BCUT2D eigenvalue weighted by Crippen LogP contribution is -2.26. The highest BCUT2D eigenvalue weighted by Gasteiger charge is 2.15. The van der Waals surface area contributed by atoms with Gasteiger partial charge in [0.05, 0.1) is 10.6 Å². The van der Waals surface area contributed by atoms with Crippen LogP contribution in [-0.4, -0.2) is 26.8 Å². The van der Waals surface area contributed by atoms with Crippen LogP contribution < -0.4 is 5.32 Å². The summed E-state index contributed by atoms with van der Waals surface area (Å²) in [6.45, 7) is 5.06. The van der Waals surface area contributed by atoms with Gasteiger partial charge in [0, 0.05) is 6.04 Å². The minimum Gasteiger partial charge on any atom is -0.315 e. The van der Waals surface area contributed by atoms with Gasteiger partial charge < -0.3 is 5.32 Å². The molecule has 1 N–H and O–H groups in total. The summed E-state index contributed by atoms with van der Waals surface area (Å²) in [6, 6.07) is 13.6. The number of hydrogen-bond acceptors (Lipinski definition) is 3. The van der Waals surface area contributed by atoms with Gasteiger partial charge in [-0.3, -0.25) is 0 Å². The Morgan fingerprint density at radius 1 is 1.10 bits per heavy atom. The van der Waals surface area contributed by atoms with Crippen LogP contribution in [0.1, 0.15) is 26.7 Å². The van der Waals surface area contributed by atoms with Gasteiger partial charge in [0.25, 0.3) is 0 Å². The molecule has 0 saturated carbocycles. The summed E-state index contributed by atoms with van der Waals surface area (Å²) in [6.07, 6.45) is 1.56. The Labute approximate surface area is 127 Å². The van der Waals surface area contributed by atoms with Crippen LogP contribution in [0.5, 0.6) is 0 Å². The molecule has 0 fully saturated rings. The predicted octanol–water partition coefficient (Wildman–Crippen LogP) is 3.39. The number of nitrogens with one attached hydrogen (secondary N) is 1. The summed E-state index contributed by atoms with van der Waals surface area (Å²) >= 11 is 0. The minimum absolute atomic E-state index is 0.209. The molecule has 0 heterocycles. The average Bonchev–Trinajstić information content (AvgIpc) is 2.47. The van der Waals surface area contributed by atoms with E-state index in [1.165, 1.54) is 0 Å². The summed E-state index contributed by atoms with van der Waals surface area (Å²) < 4.78 is 24.8. The molecule has 1 unspecified atom stereocenters. The van der Waals surface area contributed by atoms with E-state index in [1.807, 2.05) is 30.3 Å². The highest BCUT2D eigenvalue weighted by molar-refractivity contribution is 7.91. The number of rotatable bonds is 7. The van der Waals surface area contributed by atoms with Crippen molar-refractivity contribution in [2.45, 2.75) is 37.6 Å². The molecule has 114 valence electrons. The van der Waals surface area contributed by atoms with Crippen LogP contribution >= 0.6 is 0 Å². The first-order valence-electron chi connectivity index (χ1n) is 7.48. The van der Waals surface area contributed by atoms with Crippen molar-refractivity contribution in [1.29, 1.82) is 0 Å². The molecule has 0 amide bonds. The van der Waals surface area contributed by atoms with Gasteiger partial charge in [-0.25, -0.2) is 8.42 Å². The van der Waals surface area contributed by atoms with Gasteiger partial charge in [0.1, 0.15) is 0 Å². The number of benzene rings is 2. The van der Waals surface area contributed by atoms with Crippen LogP contribution in [0.25, 0.3) is 10.8 Å². The molecule has 4 heteroatoms. The second-order valence-corrected chi connectivity index (χ2v) is 7.54.